The zero-order valence-electron chi connectivity index (χ0n) is 28.8. The smallest absolute Gasteiger partial charge is 0.303 e. The number of fused-ring (bicyclic) bond motifs is 2. The molecule has 0 radical (unpaired) electrons. The maximum atomic E-state index is 11.9. The van der Waals surface area contributed by atoms with Crippen molar-refractivity contribution in [3.8, 4) is 0 Å². The number of carbonyl (C=O) groups is 2. The first-order valence-corrected chi connectivity index (χ1v) is 17.5. The van der Waals surface area contributed by atoms with Gasteiger partial charge < -0.3 is 39.4 Å². The van der Waals surface area contributed by atoms with Crippen LogP contribution in [0.1, 0.15) is 107 Å². The van der Waals surface area contributed by atoms with Gasteiger partial charge in [0.15, 0.2) is 6.29 Å². The molecule has 14 atom stereocenters. The summed E-state index contributed by atoms with van der Waals surface area (Å²) in [6.07, 6.45) is 4.72. The molecule has 258 valence electrons. The molecule has 2 spiro atoms. The van der Waals surface area contributed by atoms with Gasteiger partial charge in [-0.15, -0.1) is 0 Å². The van der Waals surface area contributed by atoms with Crippen molar-refractivity contribution in [3.63, 3.8) is 0 Å². The van der Waals surface area contributed by atoms with E-state index in [0.717, 1.165) is 38.5 Å². The Bertz CT molecular complexity index is 1100. The second kappa shape index (κ2) is 12.1. The van der Waals surface area contributed by atoms with Crippen LogP contribution in [0, 0.1) is 57.2 Å². The van der Waals surface area contributed by atoms with Crippen LogP contribution in [0.5, 0.6) is 0 Å². The first-order valence-electron chi connectivity index (χ1n) is 17.5. The predicted octanol–water partition coefficient (Wildman–Crippen LogP) is 4.26. The van der Waals surface area contributed by atoms with Crippen LogP contribution in [0.15, 0.2) is 0 Å². The number of aldehydes is 1. The predicted molar refractivity (Wildman–Crippen MR) is 168 cm³/mol. The quantitative estimate of drug-likeness (QED) is 0.140. The fraction of sp³-hybridized carbons (Fsp3) is 0.944. The number of aliphatic hydroxyl groups is 4. The lowest BCUT2D eigenvalue weighted by Crippen LogP contribution is -2.56. The third-order valence-corrected chi connectivity index (χ3v) is 14.5. The molecule has 5 rings (SSSR count). The van der Waals surface area contributed by atoms with Gasteiger partial charge in [-0.3, -0.25) is 4.79 Å². The van der Waals surface area contributed by atoms with Crippen molar-refractivity contribution < 1.29 is 44.2 Å². The molecular formula is C36H60O9. The highest BCUT2D eigenvalue weighted by Gasteiger charge is 2.85. The van der Waals surface area contributed by atoms with Crippen molar-refractivity contribution in [2.45, 2.75) is 143 Å². The Morgan fingerprint density at radius 2 is 1.71 bits per heavy atom. The van der Waals surface area contributed by atoms with Gasteiger partial charge >= 0.3 is 5.97 Å². The highest BCUT2D eigenvalue weighted by Crippen LogP contribution is 2.89. The number of ether oxygens (including phenoxy) is 3. The van der Waals surface area contributed by atoms with Crippen LogP contribution < -0.4 is 0 Å². The van der Waals surface area contributed by atoms with Crippen molar-refractivity contribution in [1.82, 2.24) is 0 Å². The van der Waals surface area contributed by atoms with Crippen molar-refractivity contribution in [3.05, 3.63) is 0 Å². The molecule has 5 aliphatic carbocycles. The fourth-order valence-corrected chi connectivity index (χ4v) is 12.8. The number of hydrogen-bond donors (Lipinski definition) is 4. The summed E-state index contributed by atoms with van der Waals surface area (Å²) in [5.41, 5.74) is -1.23. The van der Waals surface area contributed by atoms with E-state index in [0.29, 0.717) is 36.9 Å². The molecule has 5 aliphatic rings. The molecule has 0 aliphatic heterocycles. The lowest BCUT2D eigenvalue weighted by Gasteiger charge is -2.60. The normalized spacial score (nSPS) is 45.2. The molecule has 45 heavy (non-hydrogen) atoms. The molecule has 0 saturated heterocycles. The van der Waals surface area contributed by atoms with Crippen LogP contribution in [0.3, 0.4) is 0 Å². The molecule has 0 amide bonds. The summed E-state index contributed by atoms with van der Waals surface area (Å²) in [5, 5.41) is 44.1. The minimum absolute atomic E-state index is 0.0163. The lowest BCUT2D eigenvalue weighted by atomic mass is 9.46. The van der Waals surface area contributed by atoms with E-state index in [2.05, 4.69) is 34.6 Å². The SMILES string of the molecule is CC(=O)O[C@@H](CC[C@@H](C)[C@H]1[C@H](O)[C@H](O)C2[C@@H]3CCC4C(C)(C)[C@@H](OC(CO)OCC=O)CCC45[C@@H](C)[C@@]35CC[C@@]21C)C(C)(C)O. The van der Waals surface area contributed by atoms with Crippen LogP contribution >= 0.6 is 0 Å². The van der Waals surface area contributed by atoms with E-state index < -0.39 is 36.2 Å². The Kier molecular flexibility index (Phi) is 9.47. The summed E-state index contributed by atoms with van der Waals surface area (Å²) in [6, 6.07) is 0. The summed E-state index contributed by atoms with van der Waals surface area (Å²) in [6.45, 7) is 15.8. The van der Waals surface area contributed by atoms with E-state index in [-0.39, 0.29) is 58.7 Å². The number of aliphatic hydroxyl groups excluding tert-OH is 3. The van der Waals surface area contributed by atoms with Gasteiger partial charge in [0.2, 0.25) is 0 Å². The van der Waals surface area contributed by atoms with Gasteiger partial charge in [-0.05, 0) is 122 Å². The molecule has 0 aromatic heterocycles. The van der Waals surface area contributed by atoms with Crippen LogP contribution in [-0.4, -0.2) is 82.2 Å². The first-order chi connectivity index (χ1) is 20.9. The Morgan fingerprint density at radius 3 is 2.31 bits per heavy atom. The molecular weight excluding hydrogens is 576 g/mol. The van der Waals surface area contributed by atoms with Crippen molar-refractivity contribution in [2.75, 3.05) is 13.2 Å². The van der Waals surface area contributed by atoms with Crippen molar-refractivity contribution in [2.24, 2.45) is 57.2 Å². The van der Waals surface area contributed by atoms with Crippen LogP contribution in [0.25, 0.3) is 0 Å². The molecule has 4 unspecified atom stereocenters. The maximum Gasteiger partial charge on any atom is 0.303 e. The van der Waals surface area contributed by atoms with Gasteiger partial charge in [-0.25, -0.2) is 0 Å². The second-order valence-electron chi connectivity index (χ2n) is 17.0. The van der Waals surface area contributed by atoms with Gasteiger partial charge in [-0.1, -0.05) is 34.6 Å². The van der Waals surface area contributed by atoms with Gasteiger partial charge in [0.05, 0.1) is 30.5 Å². The standard InChI is InChI=1S/C36H60O9/c1-20(9-12-26(33(6,7)42)44-22(3)39)28-30(40)31(41)29-23-10-11-24-32(4,5)25(45-27(19-38)43-18-17-37)13-14-36(24)21(2)35(23,36)16-15-34(28,29)8/h17,20-21,23-31,38,40-42H,9-16,18-19H2,1-8H3/t20-,21+,23+,24?,25+,26+,27?,28+,29?,30+,31-,34-,35+,36?/m1/s1. The van der Waals surface area contributed by atoms with Crippen LogP contribution in [0.4, 0.5) is 0 Å². The molecule has 0 bridgehead atoms. The first kappa shape index (κ1) is 35.2. The monoisotopic (exact) mass is 636 g/mol. The van der Waals surface area contributed by atoms with E-state index in [9.17, 15) is 30.0 Å². The largest absolute Gasteiger partial charge is 0.460 e. The average Bonchev–Trinajstić information content (AvgIpc) is 3.41. The topological polar surface area (TPSA) is 143 Å². The molecule has 4 N–H and O–H groups in total. The van der Waals surface area contributed by atoms with Crippen LogP contribution in [0.2, 0.25) is 0 Å². The zero-order valence-corrected chi connectivity index (χ0v) is 28.8. The Balaban J connectivity index is 1.36. The average molecular weight is 637 g/mol. The van der Waals surface area contributed by atoms with E-state index in [4.69, 9.17) is 14.2 Å². The summed E-state index contributed by atoms with van der Waals surface area (Å²) < 4.78 is 17.3. The zero-order chi connectivity index (χ0) is 33.3. The number of hydrogen-bond acceptors (Lipinski definition) is 9. The molecule has 5 saturated carbocycles. The Hall–Kier alpha value is -1.10. The molecule has 0 aromatic rings. The van der Waals surface area contributed by atoms with Gasteiger partial charge in [0.25, 0.3) is 0 Å². The lowest BCUT2D eigenvalue weighted by molar-refractivity contribution is -0.236. The Labute approximate surface area is 269 Å². The molecule has 9 nitrogen and oxygen atoms in total. The summed E-state index contributed by atoms with van der Waals surface area (Å²) in [5.74, 6) is 0.883. The number of carbonyl (C=O) groups excluding carboxylic acids is 2. The summed E-state index contributed by atoms with van der Waals surface area (Å²) >= 11 is 0. The second-order valence-corrected chi connectivity index (χ2v) is 17.0. The van der Waals surface area contributed by atoms with Gasteiger partial charge in [-0.2, -0.15) is 0 Å². The molecule has 0 aromatic carbocycles. The highest BCUT2D eigenvalue weighted by molar-refractivity contribution is 5.66. The number of esters is 1. The minimum atomic E-state index is -1.17. The van der Waals surface area contributed by atoms with Gasteiger partial charge in [0, 0.05) is 6.92 Å². The van der Waals surface area contributed by atoms with Crippen molar-refractivity contribution >= 4 is 12.3 Å². The molecule has 9 heteroatoms. The van der Waals surface area contributed by atoms with E-state index in [1.54, 1.807) is 13.8 Å². The summed E-state index contributed by atoms with van der Waals surface area (Å²) in [7, 11) is 0. The molecule has 0 heterocycles. The van der Waals surface area contributed by atoms with E-state index >= 15 is 0 Å². The van der Waals surface area contributed by atoms with Crippen LogP contribution in [-0.2, 0) is 23.8 Å². The van der Waals surface area contributed by atoms with Crippen molar-refractivity contribution in [1.29, 1.82) is 0 Å². The van der Waals surface area contributed by atoms with Gasteiger partial charge in [0.1, 0.15) is 19.0 Å². The molecule has 5 fully saturated rings. The Morgan fingerprint density at radius 1 is 1.02 bits per heavy atom. The van der Waals surface area contributed by atoms with E-state index in [1.165, 1.54) is 6.92 Å². The third kappa shape index (κ3) is 5.25. The number of rotatable bonds is 12. The maximum absolute atomic E-state index is 11.9. The van der Waals surface area contributed by atoms with E-state index in [1.807, 2.05) is 0 Å². The summed E-state index contributed by atoms with van der Waals surface area (Å²) in [4.78, 5) is 22.6. The third-order valence-electron chi connectivity index (χ3n) is 14.5. The minimum Gasteiger partial charge on any atom is -0.460 e. The highest BCUT2D eigenvalue weighted by atomic mass is 16.7. The fourth-order valence-electron chi connectivity index (χ4n) is 12.8.